The summed E-state index contributed by atoms with van der Waals surface area (Å²) >= 11 is 0. The Bertz CT molecular complexity index is 386. The van der Waals surface area contributed by atoms with Gasteiger partial charge in [-0.25, -0.2) is 0 Å². The highest BCUT2D eigenvalue weighted by Crippen LogP contribution is 2.40. The number of nitrogens with one attached hydrogen (secondary N) is 1. The van der Waals surface area contributed by atoms with E-state index in [1.807, 2.05) is 6.07 Å². The minimum Gasteiger partial charge on any atom is -0.490 e. The van der Waals surface area contributed by atoms with Gasteiger partial charge < -0.3 is 14.8 Å². The minimum absolute atomic E-state index is 0.618. The maximum absolute atomic E-state index is 5.89. The zero-order chi connectivity index (χ0) is 11.5. The molecule has 2 aliphatic rings. The van der Waals surface area contributed by atoms with E-state index in [4.69, 9.17) is 9.47 Å². The molecule has 3 nitrogen and oxygen atoms in total. The second kappa shape index (κ2) is 4.96. The van der Waals surface area contributed by atoms with Crippen LogP contribution in [0.2, 0.25) is 0 Å². The van der Waals surface area contributed by atoms with Crippen molar-refractivity contribution in [1.29, 1.82) is 0 Å². The molecule has 0 unspecified atom stereocenters. The van der Waals surface area contributed by atoms with Gasteiger partial charge in [-0.2, -0.15) is 0 Å². The average Bonchev–Trinajstić information content (AvgIpc) is 2.64. The Labute approximate surface area is 102 Å². The highest BCUT2D eigenvalue weighted by atomic mass is 16.5. The molecule has 1 N–H and O–H groups in total. The van der Waals surface area contributed by atoms with Crippen LogP contribution in [-0.4, -0.2) is 26.3 Å². The number of ether oxygens (including phenoxy) is 2. The summed E-state index contributed by atoms with van der Waals surface area (Å²) < 4.78 is 11.6. The fourth-order valence-corrected chi connectivity index (χ4v) is 2.67. The molecule has 0 radical (unpaired) electrons. The summed E-state index contributed by atoms with van der Waals surface area (Å²) in [6.07, 6.45) is 3.36. The van der Waals surface area contributed by atoms with E-state index in [0.29, 0.717) is 5.92 Å². The summed E-state index contributed by atoms with van der Waals surface area (Å²) in [5.74, 6) is 2.54. The van der Waals surface area contributed by atoms with Crippen LogP contribution >= 0.6 is 0 Å². The Balaban J connectivity index is 1.92. The van der Waals surface area contributed by atoms with Gasteiger partial charge in [0.15, 0.2) is 11.5 Å². The van der Waals surface area contributed by atoms with Crippen LogP contribution in [-0.2, 0) is 0 Å². The zero-order valence-corrected chi connectivity index (χ0v) is 10.1. The summed E-state index contributed by atoms with van der Waals surface area (Å²) in [5.41, 5.74) is 1.34. The van der Waals surface area contributed by atoms with Crippen molar-refractivity contribution in [2.45, 2.75) is 25.2 Å². The molecule has 0 spiro atoms. The average molecular weight is 233 g/mol. The van der Waals surface area contributed by atoms with Crippen LogP contribution in [0.15, 0.2) is 18.2 Å². The molecule has 2 heterocycles. The first-order chi connectivity index (χ1) is 8.45. The monoisotopic (exact) mass is 233 g/mol. The molecule has 0 amide bonds. The molecule has 1 saturated heterocycles. The van der Waals surface area contributed by atoms with Gasteiger partial charge >= 0.3 is 0 Å². The fraction of sp³-hybridized carbons (Fsp3) is 0.571. The number of fused-ring (bicyclic) bond motifs is 1. The van der Waals surface area contributed by atoms with Gasteiger partial charge in [0.25, 0.3) is 0 Å². The third kappa shape index (κ3) is 2.25. The normalized spacial score (nSPS) is 20.9. The molecule has 1 aromatic carbocycles. The van der Waals surface area contributed by atoms with Gasteiger partial charge in [0.1, 0.15) is 0 Å². The predicted molar refractivity (Wildman–Crippen MR) is 66.9 cm³/mol. The van der Waals surface area contributed by atoms with Crippen LogP contribution < -0.4 is 14.8 Å². The number of hydrogen-bond donors (Lipinski definition) is 1. The Morgan fingerprint density at radius 2 is 1.88 bits per heavy atom. The molecular formula is C14H19NO2. The molecular weight excluding hydrogens is 214 g/mol. The SMILES string of the molecule is c1cc2c(c(C3CCNCC3)c1)OCCCO2. The van der Waals surface area contributed by atoms with Crippen molar-refractivity contribution in [1.82, 2.24) is 5.32 Å². The van der Waals surface area contributed by atoms with Crippen molar-refractivity contribution < 1.29 is 9.47 Å². The molecule has 0 saturated carbocycles. The topological polar surface area (TPSA) is 30.5 Å². The minimum atomic E-state index is 0.618. The van der Waals surface area contributed by atoms with Crippen molar-refractivity contribution in [3.63, 3.8) is 0 Å². The van der Waals surface area contributed by atoms with Crippen LogP contribution in [0.3, 0.4) is 0 Å². The van der Waals surface area contributed by atoms with Crippen molar-refractivity contribution in [3.8, 4) is 11.5 Å². The number of benzene rings is 1. The van der Waals surface area contributed by atoms with E-state index in [1.54, 1.807) is 0 Å². The lowest BCUT2D eigenvalue weighted by atomic mass is 9.89. The van der Waals surface area contributed by atoms with E-state index in [-0.39, 0.29) is 0 Å². The first-order valence-corrected chi connectivity index (χ1v) is 6.54. The van der Waals surface area contributed by atoms with Crippen molar-refractivity contribution in [2.24, 2.45) is 0 Å². The molecule has 0 aliphatic carbocycles. The summed E-state index contributed by atoms with van der Waals surface area (Å²) in [6, 6.07) is 6.31. The lowest BCUT2D eigenvalue weighted by Crippen LogP contribution is -2.26. The molecule has 3 rings (SSSR count). The molecule has 17 heavy (non-hydrogen) atoms. The van der Waals surface area contributed by atoms with Gasteiger partial charge in [0, 0.05) is 12.0 Å². The standard InChI is InChI=1S/C14H19NO2/c1-3-12(11-5-7-15-8-6-11)14-13(4-1)16-9-2-10-17-14/h1,3-4,11,15H,2,5-10H2. The van der Waals surface area contributed by atoms with E-state index in [2.05, 4.69) is 17.4 Å². The van der Waals surface area contributed by atoms with E-state index in [0.717, 1.165) is 44.2 Å². The van der Waals surface area contributed by atoms with Crippen LogP contribution in [0, 0.1) is 0 Å². The Hall–Kier alpha value is -1.22. The number of hydrogen-bond acceptors (Lipinski definition) is 3. The predicted octanol–water partition coefficient (Wildman–Crippen LogP) is 2.31. The maximum atomic E-state index is 5.89. The highest BCUT2D eigenvalue weighted by molar-refractivity contribution is 5.48. The van der Waals surface area contributed by atoms with Gasteiger partial charge in [-0.1, -0.05) is 12.1 Å². The third-order valence-corrected chi connectivity index (χ3v) is 3.58. The number of rotatable bonds is 1. The van der Waals surface area contributed by atoms with Crippen molar-refractivity contribution >= 4 is 0 Å². The lowest BCUT2D eigenvalue weighted by Gasteiger charge is -2.25. The van der Waals surface area contributed by atoms with Gasteiger partial charge in [-0.15, -0.1) is 0 Å². The molecule has 2 aliphatic heterocycles. The Morgan fingerprint density at radius 3 is 2.76 bits per heavy atom. The van der Waals surface area contributed by atoms with E-state index in [1.165, 1.54) is 18.4 Å². The van der Waals surface area contributed by atoms with Crippen molar-refractivity contribution in [3.05, 3.63) is 23.8 Å². The first-order valence-electron chi connectivity index (χ1n) is 6.54. The van der Waals surface area contributed by atoms with Gasteiger partial charge in [0.2, 0.25) is 0 Å². The van der Waals surface area contributed by atoms with Crippen LogP contribution in [0.4, 0.5) is 0 Å². The summed E-state index contributed by atoms with van der Waals surface area (Å²) in [6.45, 7) is 3.75. The molecule has 92 valence electrons. The smallest absolute Gasteiger partial charge is 0.164 e. The molecule has 1 aromatic rings. The van der Waals surface area contributed by atoms with Gasteiger partial charge in [0.05, 0.1) is 13.2 Å². The molecule has 0 aromatic heterocycles. The summed E-state index contributed by atoms with van der Waals surface area (Å²) in [5, 5.41) is 3.40. The van der Waals surface area contributed by atoms with E-state index in [9.17, 15) is 0 Å². The zero-order valence-electron chi connectivity index (χ0n) is 10.1. The summed E-state index contributed by atoms with van der Waals surface area (Å²) in [4.78, 5) is 0. The number of piperidine rings is 1. The molecule has 0 bridgehead atoms. The second-order valence-electron chi connectivity index (χ2n) is 4.75. The molecule has 1 fully saturated rings. The highest BCUT2D eigenvalue weighted by Gasteiger charge is 2.22. The van der Waals surface area contributed by atoms with Gasteiger partial charge in [-0.3, -0.25) is 0 Å². The van der Waals surface area contributed by atoms with Crippen LogP contribution in [0.5, 0.6) is 11.5 Å². The van der Waals surface area contributed by atoms with Gasteiger partial charge in [-0.05, 0) is 37.9 Å². The fourth-order valence-electron chi connectivity index (χ4n) is 2.67. The third-order valence-electron chi connectivity index (χ3n) is 3.58. The quantitative estimate of drug-likeness (QED) is 0.807. The first kappa shape index (κ1) is 10.9. The van der Waals surface area contributed by atoms with E-state index < -0.39 is 0 Å². The van der Waals surface area contributed by atoms with Crippen LogP contribution in [0.1, 0.15) is 30.7 Å². The lowest BCUT2D eigenvalue weighted by molar-refractivity contribution is 0.294. The largest absolute Gasteiger partial charge is 0.490 e. The molecule has 0 atom stereocenters. The number of para-hydroxylation sites is 1. The van der Waals surface area contributed by atoms with E-state index >= 15 is 0 Å². The maximum Gasteiger partial charge on any atom is 0.164 e. The van der Waals surface area contributed by atoms with Crippen LogP contribution in [0.25, 0.3) is 0 Å². The molecule has 3 heteroatoms. The van der Waals surface area contributed by atoms with Crippen molar-refractivity contribution in [2.75, 3.05) is 26.3 Å². The Kier molecular flexibility index (Phi) is 3.18. The second-order valence-corrected chi connectivity index (χ2v) is 4.75. The summed E-state index contributed by atoms with van der Waals surface area (Å²) in [7, 11) is 0. The Morgan fingerprint density at radius 1 is 1.06 bits per heavy atom.